The third-order valence-electron chi connectivity index (χ3n) is 2.22. The van der Waals surface area contributed by atoms with Gasteiger partial charge in [0.2, 0.25) is 0 Å². The van der Waals surface area contributed by atoms with E-state index in [9.17, 15) is 4.79 Å². The molecule has 1 aromatic carbocycles. The van der Waals surface area contributed by atoms with Gasteiger partial charge in [0.1, 0.15) is 5.69 Å². The Balaban J connectivity index is 2.79. The van der Waals surface area contributed by atoms with E-state index in [1.807, 2.05) is 18.2 Å². The second kappa shape index (κ2) is 3.27. The van der Waals surface area contributed by atoms with Crippen LogP contribution in [0.3, 0.4) is 0 Å². The number of rotatable bonds is 1. The van der Waals surface area contributed by atoms with Gasteiger partial charge < -0.3 is 9.67 Å². The molecule has 2 aromatic rings. The van der Waals surface area contributed by atoms with Crippen LogP contribution in [0.1, 0.15) is 10.5 Å². The first kappa shape index (κ1) is 9.51. The maximum absolute atomic E-state index is 10.9. The zero-order chi connectivity index (χ0) is 10.3. The fourth-order valence-electron chi connectivity index (χ4n) is 1.53. The van der Waals surface area contributed by atoms with Gasteiger partial charge >= 0.3 is 5.97 Å². The lowest BCUT2D eigenvalue weighted by Crippen LogP contribution is -2.03. The van der Waals surface area contributed by atoms with E-state index < -0.39 is 5.97 Å². The number of benzene rings is 1. The van der Waals surface area contributed by atoms with Gasteiger partial charge in [-0.15, -0.1) is 0 Å². The molecule has 14 heavy (non-hydrogen) atoms. The van der Waals surface area contributed by atoms with E-state index in [0.29, 0.717) is 5.69 Å². The number of fused-ring (bicyclic) bond motifs is 1. The second-order valence-electron chi connectivity index (χ2n) is 3.10. The van der Waals surface area contributed by atoms with Gasteiger partial charge in [0.25, 0.3) is 0 Å². The van der Waals surface area contributed by atoms with Crippen molar-refractivity contribution in [1.82, 2.24) is 4.57 Å². The van der Waals surface area contributed by atoms with Crippen molar-refractivity contribution in [2.24, 2.45) is 7.05 Å². The molecule has 4 heteroatoms. The molecule has 72 valence electrons. The fraction of sp³-hybridized carbons (Fsp3) is 0.100. The molecule has 2 rings (SSSR count). The van der Waals surface area contributed by atoms with Crippen molar-refractivity contribution in [3.05, 3.63) is 33.5 Å². The highest BCUT2D eigenvalue weighted by molar-refractivity contribution is 14.1. The zero-order valence-electron chi connectivity index (χ0n) is 7.49. The molecule has 0 spiro atoms. The summed E-state index contributed by atoms with van der Waals surface area (Å²) < 4.78 is 2.80. The third kappa shape index (κ3) is 1.39. The van der Waals surface area contributed by atoms with Crippen LogP contribution in [-0.4, -0.2) is 15.6 Å². The number of carboxylic acid groups (broad SMARTS) is 1. The number of nitrogens with zero attached hydrogens (tertiary/aromatic N) is 1. The lowest BCUT2D eigenvalue weighted by molar-refractivity contribution is 0.0687. The minimum atomic E-state index is -0.890. The van der Waals surface area contributed by atoms with Gasteiger partial charge in [-0.1, -0.05) is 0 Å². The Kier molecular flexibility index (Phi) is 2.22. The minimum absolute atomic E-state index is 0.321. The van der Waals surface area contributed by atoms with Crippen molar-refractivity contribution in [2.45, 2.75) is 0 Å². The smallest absolute Gasteiger partial charge is 0.352 e. The van der Waals surface area contributed by atoms with Crippen LogP contribution in [0.15, 0.2) is 24.3 Å². The number of aromatic nitrogens is 1. The number of hydrogen-bond acceptors (Lipinski definition) is 1. The molecule has 0 saturated heterocycles. The molecule has 1 N–H and O–H groups in total. The average Bonchev–Trinajstić information content (AvgIpc) is 2.43. The molecule has 0 atom stereocenters. The quantitative estimate of drug-likeness (QED) is 0.822. The predicted octanol–water partition coefficient (Wildman–Crippen LogP) is 2.48. The van der Waals surface area contributed by atoms with E-state index in [1.54, 1.807) is 17.7 Å². The maximum Gasteiger partial charge on any atom is 0.352 e. The Labute approximate surface area is 94.5 Å². The molecule has 0 fully saturated rings. The first-order valence-electron chi connectivity index (χ1n) is 4.08. The summed E-state index contributed by atoms with van der Waals surface area (Å²) in [6.07, 6.45) is 0. The molecule has 0 aliphatic carbocycles. The highest BCUT2D eigenvalue weighted by Crippen LogP contribution is 2.20. The molecular formula is C10H8INO2. The summed E-state index contributed by atoms with van der Waals surface area (Å²) in [6, 6.07) is 7.57. The molecule has 0 saturated carbocycles. The molecule has 1 heterocycles. The van der Waals surface area contributed by atoms with Crippen LogP contribution in [0, 0.1) is 3.57 Å². The number of aryl methyl sites for hydroxylation is 1. The van der Waals surface area contributed by atoms with Crippen LogP contribution in [0.25, 0.3) is 10.9 Å². The fourth-order valence-corrected chi connectivity index (χ4v) is 2.04. The number of carbonyl (C=O) groups is 1. The molecule has 0 unspecified atom stereocenters. The normalized spacial score (nSPS) is 10.7. The lowest BCUT2D eigenvalue weighted by atomic mass is 10.2. The van der Waals surface area contributed by atoms with Crippen molar-refractivity contribution < 1.29 is 9.90 Å². The summed E-state index contributed by atoms with van der Waals surface area (Å²) in [5, 5.41) is 9.88. The number of hydrogen-bond donors (Lipinski definition) is 1. The third-order valence-corrected chi connectivity index (χ3v) is 2.89. The Morgan fingerprint density at radius 3 is 2.79 bits per heavy atom. The van der Waals surface area contributed by atoms with Gasteiger partial charge in [0.05, 0.1) is 0 Å². The molecular weight excluding hydrogens is 293 g/mol. The van der Waals surface area contributed by atoms with Crippen LogP contribution in [0.2, 0.25) is 0 Å². The van der Waals surface area contributed by atoms with Gasteiger partial charge in [0.15, 0.2) is 0 Å². The first-order chi connectivity index (χ1) is 6.59. The molecule has 1 aromatic heterocycles. The van der Waals surface area contributed by atoms with Gasteiger partial charge in [-0.2, -0.15) is 0 Å². The number of carboxylic acids is 1. The van der Waals surface area contributed by atoms with E-state index in [2.05, 4.69) is 22.6 Å². The van der Waals surface area contributed by atoms with Crippen LogP contribution in [-0.2, 0) is 7.05 Å². The summed E-state index contributed by atoms with van der Waals surface area (Å²) in [7, 11) is 1.76. The second-order valence-corrected chi connectivity index (χ2v) is 4.34. The van der Waals surface area contributed by atoms with Crippen LogP contribution >= 0.6 is 22.6 Å². The van der Waals surface area contributed by atoms with Gasteiger partial charge in [0, 0.05) is 21.5 Å². The minimum Gasteiger partial charge on any atom is -0.477 e. The Bertz CT molecular complexity index is 516. The van der Waals surface area contributed by atoms with Crippen molar-refractivity contribution in [3.8, 4) is 0 Å². The number of aromatic carboxylic acids is 1. The molecule has 0 aliphatic rings. The van der Waals surface area contributed by atoms with Crippen LogP contribution < -0.4 is 0 Å². The van der Waals surface area contributed by atoms with E-state index >= 15 is 0 Å². The first-order valence-corrected chi connectivity index (χ1v) is 5.16. The topological polar surface area (TPSA) is 42.2 Å². The molecule has 0 radical (unpaired) electrons. The van der Waals surface area contributed by atoms with Crippen LogP contribution in [0.4, 0.5) is 0 Å². The van der Waals surface area contributed by atoms with Gasteiger partial charge in [-0.05, 0) is 46.9 Å². The molecule has 3 nitrogen and oxygen atoms in total. The van der Waals surface area contributed by atoms with E-state index in [4.69, 9.17) is 5.11 Å². The monoisotopic (exact) mass is 301 g/mol. The van der Waals surface area contributed by atoms with Gasteiger partial charge in [-0.3, -0.25) is 0 Å². The van der Waals surface area contributed by atoms with Crippen molar-refractivity contribution >= 4 is 39.5 Å². The summed E-state index contributed by atoms with van der Waals surface area (Å²) >= 11 is 2.21. The maximum atomic E-state index is 10.9. The summed E-state index contributed by atoms with van der Waals surface area (Å²) in [5.74, 6) is -0.890. The average molecular weight is 301 g/mol. The molecule has 0 aliphatic heterocycles. The summed E-state index contributed by atoms with van der Waals surface area (Å²) in [5.41, 5.74) is 1.27. The number of halogens is 1. The molecule has 0 bridgehead atoms. The van der Waals surface area contributed by atoms with Crippen molar-refractivity contribution in [3.63, 3.8) is 0 Å². The van der Waals surface area contributed by atoms with E-state index in [0.717, 1.165) is 14.5 Å². The predicted molar refractivity (Wildman–Crippen MR) is 62.6 cm³/mol. The largest absolute Gasteiger partial charge is 0.477 e. The summed E-state index contributed by atoms with van der Waals surface area (Å²) in [4.78, 5) is 10.9. The van der Waals surface area contributed by atoms with Gasteiger partial charge in [-0.25, -0.2) is 4.79 Å². The SMILES string of the molecule is Cn1c(C(=O)O)cc2cc(I)ccc21. The summed E-state index contributed by atoms with van der Waals surface area (Å²) in [6.45, 7) is 0. The lowest BCUT2D eigenvalue weighted by Gasteiger charge is -1.98. The van der Waals surface area contributed by atoms with Crippen molar-refractivity contribution in [1.29, 1.82) is 0 Å². The highest BCUT2D eigenvalue weighted by atomic mass is 127. The standard InChI is InChI=1S/C10H8INO2/c1-12-8-3-2-7(11)4-6(8)5-9(12)10(13)14/h2-5H,1H3,(H,13,14). The molecule has 0 amide bonds. The highest BCUT2D eigenvalue weighted by Gasteiger charge is 2.11. The Morgan fingerprint density at radius 1 is 1.43 bits per heavy atom. The zero-order valence-corrected chi connectivity index (χ0v) is 9.65. The van der Waals surface area contributed by atoms with Crippen molar-refractivity contribution in [2.75, 3.05) is 0 Å². The van der Waals surface area contributed by atoms with Crippen LogP contribution in [0.5, 0.6) is 0 Å². The van der Waals surface area contributed by atoms with E-state index in [-0.39, 0.29) is 0 Å². The van der Waals surface area contributed by atoms with E-state index in [1.165, 1.54) is 0 Å². The Morgan fingerprint density at radius 2 is 2.14 bits per heavy atom. The Hall–Kier alpha value is -1.04.